The lowest BCUT2D eigenvalue weighted by atomic mass is 9.86. The maximum atomic E-state index is 4.78. The molecule has 0 aliphatic heterocycles. The first kappa shape index (κ1) is 14.1. The Morgan fingerprint density at radius 3 is 3.12 bits per heavy atom. The molecule has 4 aromatic heterocycles. The first-order valence-corrected chi connectivity index (χ1v) is 9.22. The van der Waals surface area contributed by atoms with E-state index in [0.717, 1.165) is 34.2 Å². The minimum Gasteiger partial charge on any atom is -0.282 e. The van der Waals surface area contributed by atoms with Gasteiger partial charge >= 0.3 is 0 Å². The number of H-pyrrole nitrogens is 1. The summed E-state index contributed by atoms with van der Waals surface area (Å²) in [5.74, 6) is 1.46. The number of fused-ring (bicyclic) bond motifs is 5. The average Bonchev–Trinajstić information content (AvgIpc) is 3.28. The molecule has 0 fully saturated rings. The summed E-state index contributed by atoms with van der Waals surface area (Å²) in [6.45, 7) is 4.27. The van der Waals surface area contributed by atoms with E-state index in [1.165, 1.54) is 35.1 Å². The van der Waals surface area contributed by atoms with E-state index in [2.05, 4.69) is 27.2 Å². The van der Waals surface area contributed by atoms with Crippen molar-refractivity contribution in [2.24, 2.45) is 5.92 Å². The van der Waals surface area contributed by atoms with Crippen LogP contribution in [0.15, 0.2) is 12.4 Å². The van der Waals surface area contributed by atoms with E-state index in [1.54, 1.807) is 10.8 Å². The van der Waals surface area contributed by atoms with Crippen molar-refractivity contribution in [2.45, 2.75) is 39.5 Å². The Labute approximate surface area is 143 Å². The molecule has 0 saturated carbocycles. The van der Waals surface area contributed by atoms with Gasteiger partial charge in [0.25, 0.3) is 0 Å². The largest absolute Gasteiger partial charge is 0.282 e. The number of rotatable bonds is 2. The molecular formula is C17H18N6S. The Hall–Kier alpha value is -2.28. The Morgan fingerprint density at radius 1 is 1.42 bits per heavy atom. The molecule has 1 N–H and O–H groups in total. The van der Waals surface area contributed by atoms with Gasteiger partial charge in [0.1, 0.15) is 16.9 Å². The van der Waals surface area contributed by atoms with Gasteiger partial charge in [0.2, 0.25) is 5.82 Å². The van der Waals surface area contributed by atoms with Gasteiger partial charge in [0, 0.05) is 10.6 Å². The maximum absolute atomic E-state index is 4.78. The fourth-order valence-corrected chi connectivity index (χ4v) is 4.93. The van der Waals surface area contributed by atoms with Crippen LogP contribution in [0.3, 0.4) is 0 Å². The second-order valence-electron chi connectivity index (χ2n) is 6.59. The summed E-state index contributed by atoms with van der Waals surface area (Å²) in [5.41, 5.74) is 4.13. The SMILES string of the molecule is CCC1CCc2c(sc3ncn4nc(-c5cc(C)[nH]n5)nc4c23)C1. The number of hydrogen-bond donors (Lipinski definition) is 1. The average molecular weight is 338 g/mol. The van der Waals surface area contributed by atoms with Crippen LogP contribution in [0.4, 0.5) is 0 Å². The van der Waals surface area contributed by atoms with E-state index in [1.807, 2.05) is 24.3 Å². The highest BCUT2D eigenvalue weighted by molar-refractivity contribution is 7.19. The summed E-state index contributed by atoms with van der Waals surface area (Å²) in [6.07, 6.45) is 6.59. The van der Waals surface area contributed by atoms with Crippen molar-refractivity contribution in [1.82, 2.24) is 29.8 Å². The molecule has 122 valence electrons. The van der Waals surface area contributed by atoms with E-state index < -0.39 is 0 Å². The van der Waals surface area contributed by atoms with E-state index in [9.17, 15) is 0 Å². The standard InChI is InChI=1S/C17H18N6S/c1-3-10-4-5-11-13(7-10)24-17-14(11)16-19-15(22-23(16)8-18-17)12-6-9(2)20-21-12/h6,8,10H,3-5,7H2,1-2H3,(H,20,21). The second kappa shape index (κ2) is 5.11. The molecule has 4 heterocycles. The predicted octanol–water partition coefficient (Wildman–Crippen LogP) is 3.55. The minimum atomic E-state index is 0.649. The summed E-state index contributed by atoms with van der Waals surface area (Å²) >= 11 is 1.83. The summed E-state index contributed by atoms with van der Waals surface area (Å²) in [6, 6.07) is 1.97. The topological polar surface area (TPSA) is 71.8 Å². The minimum absolute atomic E-state index is 0.649. The lowest BCUT2D eigenvalue weighted by molar-refractivity contribution is 0.451. The van der Waals surface area contributed by atoms with Crippen LogP contribution in [-0.2, 0) is 12.8 Å². The van der Waals surface area contributed by atoms with Gasteiger partial charge in [0.15, 0.2) is 5.65 Å². The molecule has 0 bridgehead atoms. The number of hydrogen-bond acceptors (Lipinski definition) is 5. The monoisotopic (exact) mass is 338 g/mol. The van der Waals surface area contributed by atoms with E-state index in [-0.39, 0.29) is 0 Å². The highest BCUT2D eigenvalue weighted by Gasteiger charge is 2.25. The van der Waals surface area contributed by atoms with Gasteiger partial charge in [-0.1, -0.05) is 13.3 Å². The zero-order valence-corrected chi connectivity index (χ0v) is 14.5. The molecule has 0 saturated heterocycles. The predicted molar refractivity (Wildman–Crippen MR) is 94.3 cm³/mol. The summed E-state index contributed by atoms with van der Waals surface area (Å²) in [5, 5.41) is 13.0. The number of nitrogens with zero attached hydrogens (tertiary/aromatic N) is 5. The third-order valence-electron chi connectivity index (χ3n) is 5.00. The quantitative estimate of drug-likeness (QED) is 0.607. The van der Waals surface area contributed by atoms with Crippen molar-refractivity contribution < 1.29 is 0 Å². The molecule has 6 nitrogen and oxygen atoms in total. The van der Waals surface area contributed by atoms with Gasteiger partial charge < -0.3 is 0 Å². The number of thiophene rings is 1. The molecule has 0 radical (unpaired) electrons. The van der Waals surface area contributed by atoms with Crippen LogP contribution in [0.25, 0.3) is 27.4 Å². The Balaban J connectivity index is 1.72. The number of aromatic nitrogens is 6. The van der Waals surface area contributed by atoms with Crippen LogP contribution >= 0.6 is 11.3 Å². The zero-order chi connectivity index (χ0) is 16.3. The van der Waals surface area contributed by atoms with E-state index in [4.69, 9.17) is 4.98 Å². The molecule has 0 spiro atoms. The third kappa shape index (κ3) is 2.00. The van der Waals surface area contributed by atoms with Crippen LogP contribution in [0, 0.1) is 12.8 Å². The molecule has 1 unspecified atom stereocenters. The molecule has 4 aromatic rings. The van der Waals surface area contributed by atoms with Crippen molar-refractivity contribution in [3.8, 4) is 11.5 Å². The molecule has 24 heavy (non-hydrogen) atoms. The molecule has 1 atom stereocenters. The second-order valence-corrected chi connectivity index (χ2v) is 7.67. The molecule has 1 aliphatic rings. The molecule has 0 aromatic carbocycles. The van der Waals surface area contributed by atoms with Gasteiger partial charge in [-0.3, -0.25) is 5.10 Å². The molecule has 5 rings (SSSR count). The molecular weight excluding hydrogens is 320 g/mol. The van der Waals surface area contributed by atoms with Gasteiger partial charge in [-0.25, -0.2) is 14.5 Å². The van der Waals surface area contributed by atoms with Gasteiger partial charge in [-0.05, 0) is 43.7 Å². The third-order valence-corrected chi connectivity index (χ3v) is 6.16. The van der Waals surface area contributed by atoms with Crippen LogP contribution < -0.4 is 0 Å². The molecule has 7 heteroatoms. The summed E-state index contributed by atoms with van der Waals surface area (Å²) in [7, 11) is 0. The van der Waals surface area contributed by atoms with E-state index in [0.29, 0.717) is 5.82 Å². The summed E-state index contributed by atoms with van der Waals surface area (Å²) < 4.78 is 1.79. The van der Waals surface area contributed by atoms with Crippen LogP contribution in [-0.4, -0.2) is 29.8 Å². The van der Waals surface area contributed by atoms with Crippen molar-refractivity contribution in [2.75, 3.05) is 0 Å². The van der Waals surface area contributed by atoms with Crippen molar-refractivity contribution in [3.63, 3.8) is 0 Å². The number of aromatic amines is 1. The highest BCUT2D eigenvalue weighted by atomic mass is 32.1. The van der Waals surface area contributed by atoms with Crippen LogP contribution in [0.5, 0.6) is 0 Å². The Kier molecular flexibility index (Phi) is 3.00. The van der Waals surface area contributed by atoms with Gasteiger partial charge in [-0.2, -0.15) is 5.10 Å². The Bertz CT molecular complexity index is 1060. The fourth-order valence-electron chi connectivity index (χ4n) is 3.63. The van der Waals surface area contributed by atoms with Crippen LogP contribution in [0.2, 0.25) is 0 Å². The number of nitrogens with one attached hydrogen (secondary N) is 1. The maximum Gasteiger partial charge on any atom is 0.202 e. The number of aryl methyl sites for hydroxylation is 2. The molecule has 0 amide bonds. The molecule has 1 aliphatic carbocycles. The van der Waals surface area contributed by atoms with Crippen molar-refractivity contribution in [3.05, 3.63) is 28.5 Å². The normalized spacial score (nSPS) is 17.7. The first-order chi connectivity index (χ1) is 11.7. The smallest absolute Gasteiger partial charge is 0.202 e. The lowest BCUT2D eigenvalue weighted by Crippen LogP contribution is -2.11. The fraction of sp³-hybridized carbons (Fsp3) is 0.412. The summed E-state index contributed by atoms with van der Waals surface area (Å²) in [4.78, 5) is 12.0. The Morgan fingerprint density at radius 2 is 2.33 bits per heavy atom. The van der Waals surface area contributed by atoms with Crippen LogP contribution in [0.1, 0.15) is 35.9 Å². The van der Waals surface area contributed by atoms with Crippen molar-refractivity contribution in [1.29, 1.82) is 0 Å². The van der Waals surface area contributed by atoms with E-state index >= 15 is 0 Å². The lowest BCUT2D eigenvalue weighted by Gasteiger charge is -2.20. The van der Waals surface area contributed by atoms with Gasteiger partial charge in [-0.15, -0.1) is 16.4 Å². The van der Waals surface area contributed by atoms with Crippen molar-refractivity contribution >= 4 is 27.2 Å². The zero-order valence-electron chi connectivity index (χ0n) is 13.7. The highest BCUT2D eigenvalue weighted by Crippen LogP contribution is 2.39. The van der Waals surface area contributed by atoms with Gasteiger partial charge in [0.05, 0.1) is 5.39 Å². The first-order valence-electron chi connectivity index (χ1n) is 8.41.